The molecule has 1 fully saturated rings. The number of ether oxygens (including phenoxy) is 2. The van der Waals surface area contributed by atoms with Gasteiger partial charge in [-0.25, -0.2) is 0 Å². The highest BCUT2D eigenvalue weighted by molar-refractivity contribution is 5.85. The summed E-state index contributed by atoms with van der Waals surface area (Å²) in [7, 11) is 1.82. The molecule has 1 amide bonds. The van der Waals surface area contributed by atoms with Crippen LogP contribution in [0, 0.1) is 5.92 Å². The number of likely N-dealkylation sites (N-methyl/N-ethyl adjacent to an activating group) is 1. The number of hydrogen-bond donors (Lipinski definition) is 1. The molecule has 2 heterocycles. The second-order valence-corrected chi connectivity index (χ2v) is 5.07. The number of para-hydroxylation sites is 2. The summed E-state index contributed by atoms with van der Waals surface area (Å²) >= 11 is 0. The average Bonchev–Trinajstić information content (AvgIpc) is 2.36. The van der Waals surface area contributed by atoms with Crippen molar-refractivity contribution in [3.05, 3.63) is 24.3 Å². The summed E-state index contributed by atoms with van der Waals surface area (Å²) in [5.74, 6) is 1.84. The molecule has 1 aromatic rings. The van der Waals surface area contributed by atoms with Gasteiger partial charge in [0.05, 0.1) is 12.5 Å². The van der Waals surface area contributed by atoms with E-state index in [9.17, 15) is 4.79 Å². The third-order valence-corrected chi connectivity index (χ3v) is 3.55. The lowest BCUT2D eigenvalue weighted by molar-refractivity contribution is -0.137. The maximum Gasteiger partial charge on any atom is 0.228 e. The highest BCUT2D eigenvalue weighted by Gasteiger charge is 2.30. The number of nitrogens with zero attached hydrogens (tertiary/aromatic N) is 1. The van der Waals surface area contributed by atoms with Crippen LogP contribution in [0.15, 0.2) is 24.3 Å². The van der Waals surface area contributed by atoms with Gasteiger partial charge in [-0.3, -0.25) is 4.79 Å². The second-order valence-electron chi connectivity index (χ2n) is 5.07. The Morgan fingerprint density at radius 2 is 2.05 bits per heavy atom. The van der Waals surface area contributed by atoms with Gasteiger partial charge in [0, 0.05) is 20.1 Å². The third-order valence-electron chi connectivity index (χ3n) is 3.55. The monoisotopic (exact) mass is 298 g/mol. The quantitative estimate of drug-likeness (QED) is 0.902. The lowest BCUT2D eigenvalue weighted by Gasteiger charge is -2.33. The number of rotatable bonds is 3. The predicted molar refractivity (Wildman–Crippen MR) is 77.6 cm³/mol. The number of halogens is 1. The smallest absolute Gasteiger partial charge is 0.228 e. The van der Waals surface area contributed by atoms with Gasteiger partial charge in [0.2, 0.25) is 5.91 Å². The molecule has 1 aromatic carbocycles. The molecular formula is C14H19ClN2O3. The van der Waals surface area contributed by atoms with Crippen molar-refractivity contribution in [1.82, 2.24) is 10.2 Å². The molecule has 6 heteroatoms. The number of carbonyl (C=O) groups is 1. The Hall–Kier alpha value is -1.46. The van der Waals surface area contributed by atoms with Crippen molar-refractivity contribution in [2.45, 2.75) is 6.10 Å². The van der Waals surface area contributed by atoms with Crippen LogP contribution in [-0.4, -0.2) is 50.2 Å². The zero-order chi connectivity index (χ0) is 13.2. The maximum absolute atomic E-state index is 12.0. The van der Waals surface area contributed by atoms with Crippen LogP contribution in [0.2, 0.25) is 0 Å². The van der Waals surface area contributed by atoms with Crippen LogP contribution in [0.1, 0.15) is 0 Å². The number of fused-ring (bicyclic) bond motifs is 1. The molecule has 0 aliphatic carbocycles. The van der Waals surface area contributed by atoms with Gasteiger partial charge in [-0.2, -0.15) is 0 Å². The molecule has 0 aromatic heterocycles. The highest BCUT2D eigenvalue weighted by Crippen LogP contribution is 2.31. The van der Waals surface area contributed by atoms with Crippen LogP contribution in [0.25, 0.3) is 0 Å². The van der Waals surface area contributed by atoms with E-state index in [1.807, 2.05) is 31.3 Å². The fourth-order valence-electron chi connectivity index (χ4n) is 2.32. The largest absolute Gasteiger partial charge is 0.486 e. The van der Waals surface area contributed by atoms with Crippen LogP contribution in [0.5, 0.6) is 11.5 Å². The molecule has 0 spiro atoms. The Morgan fingerprint density at radius 1 is 1.35 bits per heavy atom. The van der Waals surface area contributed by atoms with Crippen molar-refractivity contribution in [3.8, 4) is 11.5 Å². The van der Waals surface area contributed by atoms with E-state index in [4.69, 9.17) is 9.47 Å². The fourth-order valence-corrected chi connectivity index (χ4v) is 2.32. The Morgan fingerprint density at radius 3 is 2.70 bits per heavy atom. The van der Waals surface area contributed by atoms with Crippen molar-refractivity contribution in [2.75, 3.05) is 33.3 Å². The van der Waals surface area contributed by atoms with E-state index >= 15 is 0 Å². The summed E-state index contributed by atoms with van der Waals surface area (Å²) < 4.78 is 11.5. The Bertz CT molecular complexity index is 479. The molecular weight excluding hydrogens is 280 g/mol. The number of nitrogens with one attached hydrogen (secondary N) is 1. The standard InChI is InChI=1S/C14H18N2O3.ClH/c1-16(14(17)10-6-15-7-10)8-11-9-18-12-4-2-3-5-13(12)19-11;/h2-5,10-11,15H,6-9H2,1H3;1H. The molecule has 1 unspecified atom stereocenters. The zero-order valence-electron chi connectivity index (χ0n) is 11.4. The Kier molecular flexibility index (Phi) is 4.73. The molecule has 0 bridgehead atoms. The first kappa shape index (κ1) is 14.9. The molecule has 3 rings (SSSR count). The number of carbonyl (C=O) groups excluding carboxylic acids is 1. The molecule has 20 heavy (non-hydrogen) atoms. The van der Waals surface area contributed by atoms with Crippen molar-refractivity contribution >= 4 is 18.3 Å². The molecule has 1 atom stereocenters. The minimum Gasteiger partial charge on any atom is -0.486 e. The molecule has 1 N–H and O–H groups in total. The van der Waals surface area contributed by atoms with E-state index in [1.54, 1.807) is 4.90 Å². The van der Waals surface area contributed by atoms with Gasteiger partial charge in [-0.05, 0) is 12.1 Å². The molecule has 0 radical (unpaired) electrons. The van der Waals surface area contributed by atoms with Gasteiger partial charge < -0.3 is 19.7 Å². The lowest BCUT2D eigenvalue weighted by atomic mass is 10.0. The summed E-state index contributed by atoms with van der Waals surface area (Å²) in [6, 6.07) is 7.61. The van der Waals surface area contributed by atoms with E-state index in [1.165, 1.54) is 0 Å². The number of hydrogen-bond acceptors (Lipinski definition) is 4. The van der Waals surface area contributed by atoms with Crippen molar-refractivity contribution in [2.24, 2.45) is 5.92 Å². The van der Waals surface area contributed by atoms with Crippen molar-refractivity contribution < 1.29 is 14.3 Å². The van der Waals surface area contributed by atoms with E-state index < -0.39 is 0 Å². The minimum atomic E-state index is -0.100. The summed E-state index contributed by atoms with van der Waals surface area (Å²) in [5, 5.41) is 3.11. The molecule has 2 aliphatic heterocycles. The zero-order valence-corrected chi connectivity index (χ0v) is 12.2. The molecule has 2 aliphatic rings. The maximum atomic E-state index is 12.0. The Labute approximate surface area is 124 Å². The van der Waals surface area contributed by atoms with Crippen molar-refractivity contribution in [3.63, 3.8) is 0 Å². The van der Waals surface area contributed by atoms with Gasteiger partial charge in [0.25, 0.3) is 0 Å². The van der Waals surface area contributed by atoms with Gasteiger partial charge in [-0.15, -0.1) is 12.4 Å². The first-order valence-electron chi connectivity index (χ1n) is 6.58. The first-order valence-corrected chi connectivity index (χ1v) is 6.58. The predicted octanol–water partition coefficient (Wildman–Crippen LogP) is 0.926. The first-order chi connectivity index (χ1) is 9.24. The minimum absolute atomic E-state index is 0. The summed E-state index contributed by atoms with van der Waals surface area (Å²) in [5.41, 5.74) is 0. The van der Waals surface area contributed by atoms with Crippen LogP contribution in [0.3, 0.4) is 0 Å². The van der Waals surface area contributed by atoms with Gasteiger partial charge >= 0.3 is 0 Å². The molecule has 5 nitrogen and oxygen atoms in total. The van der Waals surface area contributed by atoms with E-state index in [0.717, 1.165) is 24.6 Å². The molecule has 0 saturated carbocycles. The van der Waals surface area contributed by atoms with Gasteiger partial charge in [0.15, 0.2) is 17.6 Å². The lowest BCUT2D eigenvalue weighted by Crippen LogP contribution is -2.53. The summed E-state index contributed by atoms with van der Waals surface area (Å²) in [6.07, 6.45) is -0.100. The number of amides is 1. The molecule has 110 valence electrons. The van der Waals surface area contributed by atoms with E-state index in [2.05, 4.69) is 5.32 Å². The topological polar surface area (TPSA) is 50.8 Å². The summed E-state index contributed by atoms with van der Waals surface area (Å²) in [6.45, 7) is 2.61. The van der Waals surface area contributed by atoms with Crippen molar-refractivity contribution in [1.29, 1.82) is 0 Å². The SMILES string of the molecule is CN(CC1COc2ccccc2O1)C(=O)C1CNC1.Cl. The van der Waals surface area contributed by atoms with E-state index in [-0.39, 0.29) is 30.3 Å². The Balaban J connectivity index is 0.00000147. The second kappa shape index (κ2) is 6.33. The summed E-state index contributed by atoms with van der Waals surface area (Å²) in [4.78, 5) is 13.8. The van der Waals surface area contributed by atoms with Crippen LogP contribution in [-0.2, 0) is 4.79 Å². The third kappa shape index (κ3) is 2.99. The normalized spacial score (nSPS) is 20.6. The number of benzene rings is 1. The van der Waals surface area contributed by atoms with Crippen LogP contribution >= 0.6 is 12.4 Å². The average molecular weight is 299 g/mol. The fraction of sp³-hybridized carbons (Fsp3) is 0.500. The van der Waals surface area contributed by atoms with Crippen LogP contribution < -0.4 is 14.8 Å². The van der Waals surface area contributed by atoms with Crippen LogP contribution in [0.4, 0.5) is 0 Å². The highest BCUT2D eigenvalue weighted by atomic mass is 35.5. The van der Waals surface area contributed by atoms with E-state index in [0.29, 0.717) is 13.2 Å². The molecule has 1 saturated heterocycles. The van der Waals surface area contributed by atoms with Gasteiger partial charge in [-0.1, -0.05) is 12.1 Å². The van der Waals surface area contributed by atoms with Gasteiger partial charge in [0.1, 0.15) is 6.61 Å².